The Morgan fingerprint density at radius 3 is 1.29 bits per heavy atom. The van der Waals surface area contributed by atoms with Crippen molar-refractivity contribution in [2.45, 2.75) is 69.3 Å². The van der Waals surface area contributed by atoms with Crippen molar-refractivity contribution in [3.05, 3.63) is 192 Å². The zero-order valence-corrected chi connectivity index (χ0v) is 28.8. The van der Waals surface area contributed by atoms with Gasteiger partial charge >= 0.3 is 0 Å². The Morgan fingerprint density at radius 2 is 0.863 bits per heavy atom. The maximum absolute atomic E-state index is 7.15. The fourth-order valence-corrected chi connectivity index (χ4v) is 6.85. The van der Waals surface area contributed by atoms with Gasteiger partial charge in [0.05, 0.1) is 39.1 Å². The number of rotatable bonds is 17. The van der Waals surface area contributed by atoms with Crippen molar-refractivity contribution in [3.8, 4) is 0 Å². The Labute approximate surface area is 300 Å². The van der Waals surface area contributed by atoms with Crippen molar-refractivity contribution in [2.24, 2.45) is 0 Å². The highest BCUT2D eigenvalue weighted by molar-refractivity contribution is 5.25. The van der Waals surface area contributed by atoms with E-state index in [-0.39, 0.29) is 12.0 Å². The first-order chi connectivity index (χ1) is 25.3. The van der Waals surface area contributed by atoms with Crippen molar-refractivity contribution in [1.29, 1.82) is 0 Å². The number of aromatic amines is 2. The van der Waals surface area contributed by atoms with Gasteiger partial charge in [-0.25, -0.2) is 0 Å². The van der Waals surface area contributed by atoms with Gasteiger partial charge in [0, 0.05) is 29.7 Å². The topological polar surface area (TPSA) is 77.7 Å². The summed E-state index contributed by atoms with van der Waals surface area (Å²) in [5.74, 6) is 0.00488. The molecule has 1 fully saturated rings. The first-order valence-electron chi connectivity index (χ1n) is 17.8. The van der Waals surface area contributed by atoms with Gasteiger partial charge in [-0.3, -0.25) is 0 Å². The number of aromatic nitrogens is 2. The van der Waals surface area contributed by atoms with Gasteiger partial charge in [-0.1, -0.05) is 121 Å². The van der Waals surface area contributed by atoms with E-state index in [9.17, 15) is 0 Å². The van der Waals surface area contributed by atoms with Gasteiger partial charge in [-0.2, -0.15) is 0 Å². The maximum Gasteiger partial charge on any atom is 0.115 e. The van der Waals surface area contributed by atoms with Crippen LogP contribution in [0.15, 0.2) is 158 Å². The maximum atomic E-state index is 7.15. The van der Waals surface area contributed by atoms with Crippen LogP contribution >= 0.6 is 0 Å². The first-order valence-corrected chi connectivity index (χ1v) is 17.8. The summed E-state index contributed by atoms with van der Waals surface area (Å²) in [4.78, 5) is 6.92. The summed E-state index contributed by atoms with van der Waals surface area (Å²) in [6.45, 7) is 2.01. The van der Waals surface area contributed by atoms with Gasteiger partial charge < -0.3 is 33.7 Å². The minimum atomic E-state index is -0.476. The molecule has 0 amide bonds. The lowest BCUT2D eigenvalue weighted by Gasteiger charge is -2.47. The van der Waals surface area contributed by atoms with Gasteiger partial charge in [0.2, 0.25) is 0 Å². The predicted molar refractivity (Wildman–Crippen MR) is 198 cm³/mol. The van der Waals surface area contributed by atoms with Crippen LogP contribution in [0.1, 0.15) is 46.0 Å². The molecule has 4 aromatic carbocycles. The summed E-state index contributed by atoms with van der Waals surface area (Å²) in [6.07, 6.45) is 2.41. The molecular weight excluding hydrogens is 636 g/mol. The fraction of sp³-hybridized carbons (Fsp3) is 0.273. The molecule has 5 atom stereocenters. The lowest BCUT2D eigenvalue weighted by molar-refractivity contribution is -0.274. The van der Waals surface area contributed by atoms with Crippen LogP contribution < -0.4 is 0 Å². The molecule has 0 aliphatic carbocycles. The highest BCUT2D eigenvalue weighted by atomic mass is 16.6. The van der Waals surface area contributed by atoms with Gasteiger partial charge in [0.25, 0.3) is 0 Å². The number of hydrogen-bond donors (Lipinski definition) is 2. The van der Waals surface area contributed by atoms with E-state index in [1.165, 1.54) is 0 Å². The van der Waals surface area contributed by atoms with Crippen LogP contribution in [0, 0.1) is 0 Å². The molecular formula is C44H46N2O5. The largest absolute Gasteiger partial charge is 0.374 e. The SMILES string of the molecule is c1ccc(COC[C@H]2O[C@H](CC(c3ccc[nH]3)c3ccc[nH]3)[C@H](OCc3ccccc3)[C@@H](OCc3ccccc3)[C@@H]2OCc2ccccc2)cc1. The summed E-state index contributed by atoms with van der Waals surface area (Å²) in [7, 11) is 0. The van der Waals surface area contributed by atoms with Crippen LogP contribution in [0.5, 0.6) is 0 Å². The van der Waals surface area contributed by atoms with E-state index in [1.54, 1.807) is 0 Å². The quantitative estimate of drug-likeness (QED) is 0.101. The second kappa shape index (κ2) is 17.9. The minimum absolute atomic E-state index is 0.00488. The summed E-state index contributed by atoms with van der Waals surface area (Å²) in [6, 6.07) is 49.3. The van der Waals surface area contributed by atoms with E-state index in [0.29, 0.717) is 39.5 Å². The molecule has 1 saturated heterocycles. The Hall–Kier alpha value is -4.76. The molecule has 2 aromatic heterocycles. The third-order valence-electron chi connectivity index (χ3n) is 9.44. The molecule has 0 unspecified atom stereocenters. The Bertz CT molecular complexity index is 1770. The zero-order chi connectivity index (χ0) is 34.5. The average molecular weight is 683 g/mol. The second-order valence-corrected chi connectivity index (χ2v) is 13.0. The summed E-state index contributed by atoms with van der Waals surface area (Å²) in [5.41, 5.74) is 6.54. The fourth-order valence-electron chi connectivity index (χ4n) is 6.85. The van der Waals surface area contributed by atoms with E-state index in [2.05, 4.69) is 70.6 Å². The number of benzene rings is 4. The van der Waals surface area contributed by atoms with Gasteiger partial charge in [-0.15, -0.1) is 0 Å². The molecule has 0 bridgehead atoms. The van der Waals surface area contributed by atoms with Crippen LogP contribution in [0.25, 0.3) is 0 Å². The Kier molecular flexibility index (Phi) is 12.2. The van der Waals surface area contributed by atoms with Gasteiger partial charge in [0.1, 0.15) is 24.4 Å². The third-order valence-corrected chi connectivity index (χ3v) is 9.44. The molecule has 1 aliphatic rings. The lowest BCUT2D eigenvalue weighted by Crippen LogP contribution is -2.61. The van der Waals surface area contributed by atoms with Crippen molar-refractivity contribution < 1.29 is 23.7 Å². The second-order valence-electron chi connectivity index (χ2n) is 13.0. The number of H-pyrrole nitrogens is 2. The van der Waals surface area contributed by atoms with Crippen molar-refractivity contribution >= 4 is 0 Å². The number of ether oxygens (including phenoxy) is 5. The zero-order valence-electron chi connectivity index (χ0n) is 28.8. The summed E-state index contributed by atoms with van der Waals surface area (Å²) >= 11 is 0. The lowest BCUT2D eigenvalue weighted by atomic mass is 9.86. The Balaban J connectivity index is 1.23. The van der Waals surface area contributed by atoms with Crippen LogP contribution in [-0.4, -0.2) is 47.1 Å². The van der Waals surface area contributed by atoms with Gasteiger partial charge in [0.15, 0.2) is 0 Å². The van der Waals surface area contributed by atoms with Crippen LogP contribution in [-0.2, 0) is 50.1 Å². The molecule has 7 nitrogen and oxygen atoms in total. The molecule has 0 radical (unpaired) electrons. The molecule has 6 aromatic rings. The molecule has 0 spiro atoms. The highest BCUT2D eigenvalue weighted by Crippen LogP contribution is 2.37. The average Bonchev–Trinajstić information content (AvgIpc) is 3.93. The van der Waals surface area contributed by atoms with Crippen LogP contribution in [0.4, 0.5) is 0 Å². The number of nitrogens with one attached hydrogen (secondary N) is 2. The minimum Gasteiger partial charge on any atom is -0.374 e. The van der Waals surface area contributed by atoms with E-state index in [0.717, 1.165) is 33.6 Å². The van der Waals surface area contributed by atoms with E-state index >= 15 is 0 Å². The summed E-state index contributed by atoms with van der Waals surface area (Å²) in [5, 5.41) is 0. The monoisotopic (exact) mass is 682 g/mol. The molecule has 1 aliphatic heterocycles. The van der Waals surface area contributed by atoms with Crippen LogP contribution in [0.3, 0.4) is 0 Å². The molecule has 0 saturated carbocycles. The summed E-state index contributed by atoms with van der Waals surface area (Å²) < 4.78 is 34.3. The smallest absolute Gasteiger partial charge is 0.115 e. The standard InChI is InChI=1S/C44H46N2O5/c1-5-15-33(16-6-1)28-47-32-41-43(49-30-35-19-9-3-10-20-35)44(50-31-36-21-11-4-12-22-36)42(48-29-34-17-7-2-8-18-34)40(51-41)27-37(38-23-13-25-45-38)39-24-14-26-46-39/h1-26,37,40-46H,27-32H2/t40-,41-,42+,43-,44-/m1/s1. The Morgan fingerprint density at radius 1 is 0.451 bits per heavy atom. The highest BCUT2D eigenvalue weighted by Gasteiger charge is 2.49. The molecule has 3 heterocycles. The van der Waals surface area contributed by atoms with E-state index in [1.807, 2.05) is 97.3 Å². The first kappa shape index (κ1) is 34.7. The van der Waals surface area contributed by atoms with Gasteiger partial charge in [-0.05, 0) is 52.9 Å². The predicted octanol–water partition coefficient (Wildman–Crippen LogP) is 8.61. The molecule has 51 heavy (non-hydrogen) atoms. The third kappa shape index (κ3) is 9.52. The molecule has 2 N–H and O–H groups in total. The van der Waals surface area contributed by atoms with Crippen molar-refractivity contribution in [1.82, 2.24) is 9.97 Å². The molecule has 262 valence electrons. The van der Waals surface area contributed by atoms with Crippen LogP contribution in [0.2, 0.25) is 0 Å². The van der Waals surface area contributed by atoms with E-state index in [4.69, 9.17) is 23.7 Å². The normalized spacial score (nSPS) is 20.5. The van der Waals surface area contributed by atoms with E-state index < -0.39 is 24.4 Å². The molecule has 7 heteroatoms. The van der Waals surface area contributed by atoms with Crippen molar-refractivity contribution in [3.63, 3.8) is 0 Å². The molecule has 7 rings (SSSR count). The number of hydrogen-bond acceptors (Lipinski definition) is 5. The van der Waals surface area contributed by atoms with Crippen molar-refractivity contribution in [2.75, 3.05) is 6.61 Å².